The number of carbonyl (C=O) groups excluding carboxylic acids is 1. The van der Waals surface area contributed by atoms with Crippen LogP contribution in [0.25, 0.3) is 17.3 Å². The van der Waals surface area contributed by atoms with E-state index in [0.717, 1.165) is 5.56 Å². The summed E-state index contributed by atoms with van der Waals surface area (Å²) >= 11 is 1.45. The van der Waals surface area contributed by atoms with E-state index in [0.29, 0.717) is 46.2 Å². The number of furan rings is 1. The maximum Gasteiger partial charge on any atom is 0.251 e. The normalized spacial score (nSPS) is 11.1. The first-order valence-electron chi connectivity index (χ1n) is 10.3. The fraction of sp³-hybridized carbons (Fsp3) is 0.208. The Bertz CT molecular complexity index is 1190. The number of nitrogens with one attached hydrogen (secondary N) is 1. The van der Waals surface area contributed by atoms with Gasteiger partial charge in [-0.25, -0.2) is 4.39 Å². The molecule has 1 amide bonds. The van der Waals surface area contributed by atoms with Crippen LogP contribution in [0.4, 0.5) is 4.39 Å². The van der Waals surface area contributed by atoms with Gasteiger partial charge in [0.15, 0.2) is 10.9 Å². The fourth-order valence-electron chi connectivity index (χ4n) is 3.15. The Morgan fingerprint density at radius 3 is 2.59 bits per heavy atom. The summed E-state index contributed by atoms with van der Waals surface area (Å²) in [7, 11) is 0. The van der Waals surface area contributed by atoms with Crippen LogP contribution >= 0.6 is 11.8 Å². The highest BCUT2D eigenvalue weighted by molar-refractivity contribution is 7.98. The van der Waals surface area contributed by atoms with Crippen molar-refractivity contribution < 1.29 is 13.6 Å². The molecule has 2 heterocycles. The molecule has 2 aromatic heterocycles. The zero-order valence-electron chi connectivity index (χ0n) is 17.8. The second-order valence-electron chi connectivity index (χ2n) is 7.65. The number of halogens is 1. The first kappa shape index (κ1) is 21.8. The lowest BCUT2D eigenvalue weighted by Gasteiger charge is -2.12. The molecule has 6 nitrogen and oxygen atoms in total. The smallest absolute Gasteiger partial charge is 0.251 e. The molecule has 0 fully saturated rings. The van der Waals surface area contributed by atoms with Gasteiger partial charge >= 0.3 is 0 Å². The molecule has 0 aliphatic heterocycles. The quantitative estimate of drug-likeness (QED) is 0.367. The number of carbonyl (C=O) groups is 1. The van der Waals surface area contributed by atoms with Crippen LogP contribution < -0.4 is 5.32 Å². The summed E-state index contributed by atoms with van der Waals surface area (Å²) in [6, 6.07) is 17.2. The Morgan fingerprint density at radius 2 is 1.88 bits per heavy atom. The van der Waals surface area contributed by atoms with Gasteiger partial charge in [0.25, 0.3) is 5.91 Å². The minimum absolute atomic E-state index is 0.0915. The standard InChI is InChI=1S/C24H23FN4O2S/c1-16(2)14-26-23(30)20-7-4-3-6-17(20)15-32-24-28-27-22(21-8-5-13-31-21)29(24)19-11-9-18(25)10-12-19/h3-13,16H,14-15H2,1-2H3,(H,26,30). The van der Waals surface area contributed by atoms with Crippen LogP contribution in [0, 0.1) is 11.7 Å². The van der Waals surface area contributed by atoms with Crippen LogP contribution in [0.1, 0.15) is 29.8 Å². The molecule has 2 aromatic carbocycles. The van der Waals surface area contributed by atoms with Crippen LogP contribution in [0.2, 0.25) is 0 Å². The lowest BCUT2D eigenvalue weighted by molar-refractivity contribution is 0.0948. The van der Waals surface area contributed by atoms with Crippen molar-refractivity contribution in [2.45, 2.75) is 24.8 Å². The van der Waals surface area contributed by atoms with Crippen molar-refractivity contribution in [1.29, 1.82) is 0 Å². The Hall–Kier alpha value is -3.39. The molecule has 4 aromatic rings. The highest BCUT2D eigenvalue weighted by atomic mass is 32.2. The summed E-state index contributed by atoms with van der Waals surface area (Å²) in [6.45, 7) is 4.73. The maximum absolute atomic E-state index is 13.5. The van der Waals surface area contributed by atoms with Crippen LogP contribution in [0.5, 0.6) is 0 Å². The summed E-state index contributed by atoms with van der Waals surface area (Å²) in [5.41, 5.74) is 2.25. The third-order valence-electron chi connectivity index (χ3n) is 4.75. The summed E-state index contributed by atoms with van der Waals surface area (Å²) in [5, 5.41) is 12.2. The molecule has 0 saturated carbocycles. The van der Waals surface area contributed by atoms with Crippen molar-refractivity contribution in [3.05, 3.63) is 83.9 Å². The monoisotopic (exact) mass is 450 g/mol. The number of amides is 1. The molecular formula is C24H23FN4O2S. The summed E-state index contributed by atoms with van der Waals surface area (Å²) in [4.78, 5) is 12.7. The van der Waals surface area contributed by atoms with Crippen molar-refractivity contribution in [3.63, 3.8) is 0 Å². The van der Waals surface area contributed by atoms with E-state index in [1.165, 1.54) is 23.9 Å². The Kier molecular flexibility index (Phi) is 6.70. The minimum Gasteiger partial charge on any atom is -0.461 e. The van der Waals surface area contributed by atoms with Gasteiger partial charge < -0.3 is 9.73 Å². The minimum atomic E-state index is -0.322. The highest BCUT2D eigenvalue weighted by Gasteiger charge is 2.19. The third-order valence-corrected chi connectivity index (χ3v) is 5.73. The van der Waals surface area contributed by atoms with E-state index in [1.807, 2.05) is 28.8 Å². The lowest BCUT2D eigenvalue weighted by atomic mass is 10.1. The second kappa shape index (κ2) is 9.82. The van der Waals surface area contributed by atoms with Gasteiger partial charge in [0.1, 0.15) is 5.82 Å². The summed E-state index contributed by atoms with van der Waals surface area (Å²) < 4.78 is 20.8. The lowest BCUT2D eigenvalue weighted by Crippen LogP contribution is -2.28. The van der Waals surface area contributed by atoms with Crippen LogP contribution in [-0.4, -0.2) is 27.2 Å². The molecule has 0 bridgehead atoms. The molecule has 0 spiro atoms. The zero-order valence-corrected chi connectivity index (χ0v) is 18.6. The molecule has 8 heteroatoms. The van der Waals surface area contributed by atoms with E-state index in [2.05, 4.69) is 29.4 Å². The van der Waals surface area contributed by atoms with Gasteiger partial charge in [-0.3, -0.25) is 9.36 Å². The SMILES string of the molecule is CC(C)CNC(=O)c1ccccc1CSc1nnc(-c2ccco2)n1-c1ccc(F)cc1. The highest BCUT2D eigenvalue weighted by Crippen LogP contribution is 2.30. The topological polar surface area (TPSA) is 73.0 Å². The Balaban J connectivity index is 1.62. The second-order valence-corrected chi connectivity index (χ2v) is 8.59. The number of nitrogens with zero attached hydrogens (tertiary/aromatic N) is 3. The van der Waals surface area contributed by atoms with E-state index < -0.39 is 0 Å². The molecule has 0 unspecified atom stereocenters. The number of benzene rings is 2. The average molecular weight is 451 g/mol. The molecule has 4 rings (SSSR count). The molecule has 1 N–H and O–H groups in total. The van der Waals surface area contributed by atoms with Crippen molar-refractivity contribution in [3.8, 4) is 17.3 Å². The first-order valence-corrected chi connectivity index (χ1v) is 11.3. The summed E-state index contributed by atoms with van der Waals surface area (Å²) in [6.07, 6.45) is 1.57. The predicted molar refractivity (Wildman–Crippen MR) is 122 cm³/mol. The molecule has 0 saturated heterocycles. The zero-order chi connectivity index (χ0) is 22.5. The van der Waals surface area contributed by atoms with Gasteiger partial charge in [0.05, 0.1) is 12.0 Å². The molecule has 0 radical (unpaired) electrons. The van der Waals surface area contributed by atoms with E-state index >= 15 is 0 Å². The van der Waals surface area contributed by atoms with Gasteiger partial charge in [-0.2, -0.15) is 0 Å². The fourth-order valence-corrected chi connectivity index (χ4v) is 4.11. The van der Waals surface area contributed by atoms with Crippen LogP contribution in [0.15, 0.2) is 76.5 Å². The predicted octanol–water partition coefficient (Wildman–Crippen LogP) is 5.34. The number of hydrogen-bond donors (Lipinski definition) is 1. The van der Waals surface area contributed by atoms with Crippen LogP contribution in [0.3, 0.4) is 0 Å². The number of rotatable bonds is 8. The van der Waals surface area contributed by atoms with Crippen LogP contribution in [-0.2, 0) is 5.75 Å². The van der Waals surface area contributed by atoms with E-state index in [1.54, 1.807) is 30.5 Å². The van der Waals surface area contributed by atoms with Crippen molar-refractivity contribution in [1.82, 2.24) is 20.1 Å². The molecule has 0 aliphatic rings. The van der Waals surface area contributed by atoms with E-state index in [9.17, 15) is 9.18 Å². The summed E-state index contributed by atoms with van der Waals surface area (Å²) in [5.74, 6) is 1.55. The maximum atomic E-state index is 13.5. The van der Waals surface area contributed by atoms with Gasteiger partial charge in [-0.1, -0.05) is 43.8 Å². The molecule has 0 atom stereocenters. The largest absolute Gasteiger partial charge is 0.461 e. The van der Waals surface area contributed by atoms with E-state index in [-0.39, 0.29) is 11.7 Å². The number of hydrogen-bond acceptors (Lipinski definition) is 5. The molecular weight excluding hydrogens is 427 g/mol. The molecule has 32 heavy (non-hydrogen) atoms. The Labute approximate surface area is 189 Å². The Morgan fingerprint density at radius 1 is 1.09 bits per heavy atom. The first-order chi connectivity index (χ1) is 15.5. The van der Waals surface area contributed by atoms with Crippen molar-refractivity contribution in [2.75, 3.05) is 6.54 Å². The van der Waals surface area contributed by atoms with Crippen molar-refractivity contribution >= 4 is 17.7 Å². The van der Waals surface area contributed by atoms with Gasteiger partial charge in [-0.05, 0) is 53.9 Å². The van der Waals surface area contributed by atoms with Gasteiger partial charge in [-0.15, -0.1) is 10.2 Å². The number of aromatic nitrogens is 3. The average Bonchev–Trinajstić information content (AvgIpc) is 3.46. The third kappa shape index (κ3) is 4.91. The van der Waals surface area contributed by atoms with Gasteiger partial charge in [0, 0.05) is 17.9 Å². The van der Waals surface area contributed by atoms with E-state index in [4.69, 9.17) is 4.42 Å². The molecule has 0 aliphatic carbocycles. The van der Waals surface area contributed by atoms with Crippen molar-refractivity contribution in [2.24, 2.45) is 5.92 Å². The molecule has 164 valence electrons. The number of thioether (sulfide) groups is 1. The van der Waals surface area contributed by atoms with Gasteiger partial charge in [0.2, 0.25) is 5.82 Å².